The van der Waals surface area contributed by atoms with Crippen LogP contribution in [-0.2, 0) is 9.53 Å². The number of rotatable bonds is 7. The second kappa shape index (κ2) is 7.59. The fourth-order valence-electron chi connectivity index (χ4n) is 3.88. The van der Waals surface area contributed by atoms with Gasteiger partial charge in [0.15, 0.2) is 0 Å². The largest absolute Gasteiger partial charge is 0.465 e. The van der Waals surface area contributed by atoms with E-state index in [4.69, 9.17) is 4.74 Å². The van der Waals surface area contributed by atoms with Crippen molar-refractivity contribution in [2.45, 2.75) is 70.4 Å². The molecule has 0 aromatic carbocycles. The van der Waals surface area contributed by atoms with Crippen molar-refractivity contribution < 1.29 is 9.53 Å². The average molecular weight is 296 g/mol. The van der Waals surface area contributed by atoms with Crippen LogP contribution in [0, 0.1) is 5.92 Å². The van der Waals surface area contributed by atoms with Gasteiger partial charge in [0.1, 0.15) is 5.54 Å². The van der Waals surface area contributed by atoms with Gasteiger partial charge in [-0.15, -0.1) is 0 Å². The Balaban J connectivity index is 2.00. The minimum Gasteiger partial charge on any atom is -0.465 e. The van der Waals surface area contributed by atoms with Gasteiger partial charge in [0.25, 0.3) is 0 Å². The summed E-state index contributed by atoms with van der Waals surface area (Å²) in [6.07, 6.45) is 8.28. The van der Waals surface area contributed by atoms with Crippen molar-refractivity contribution in [3.63, 3.8) is 0 Å². The fraction of sp³-hybridized carbons (Fsp3) is 0.941. The van der Waals surface area contributed by atoms with Crippen molar-refractivity contribution in [2.75, 3.05) is 26.7 Å². The van der Waals surface area contributed by atoms with Crippen LogP contribution in [0.4, 0.5) is 0 Å². The highest BCUT2D eigenvalue weighted by Crippen LogP contribution is 2.34. The average Bonchev–Trinajstić information content (AvgIpc) is 2.46. The molecule has 2 saturated carbocycles. The van der Waals surface area contributed by atoms with E-state index in [0.717, 1.165) is 31.7 Å². The molecule has 122 valence electrons. The predicted octanol–water partition coefficient (Wildman–Crippen LogP) is 2.57. The van der Waals surface area contributed by atoms with E-state index in [2.05, 4.69) is 17.1 Å². The van der Waals surface area contributed by atoms with Crippen LogP contribution in [0.3, 0.4) is 0 Å². The van der Waals surface area contributed by atoms with Gasteiger partial charge in [-0.25, -0.2) is 0 Å². The van der Waals surface area contributed by atoms with E-state index in [1.807, 2.05) is 14.0 Å². The first-order valence-corrected chi connectivity index (χ1v) is 8.75. The first kappa shape index (κ1) is 16.8. The smallest absolute Gasteiger partial charge is 0.326 e. The number of esters is 1. The number of carbonyl (C=O) groups is 1. The second-order valence-electron chi connectivity index (χ2n) is 6.69. The molecule has 0 heterocycles. The lowest BCUT2D eigenvalue weighted by Crippen LogP contribution is -2.58. The summed E-state index contributed by atoms with van der Waals surface area (Å²) in [7, 11) is 1.90. The van der Waals surface area contributed by atoms with Gasteiger partial charge in [0.05, 0.1) is 6.61 Å². The summed E-state index contributed by atoms with van der Waals surface area (Å²) in [5.41, 5.74) is -0.466. The predicted molar refractivity (Wildman–Crippen MR) is 85.3 cm³/mol. The molecule has 0 aromatic rings. The summed E-state index contributed by atoms with van der Waals surface area (Å²) in [5.74, 6) is 0.829. The third kappa shape index (κ3) is 3.78. The molecule has 21 heavy (non-hydrogen) atoms. The lowest BCUT2D eigenvalue weighted by molar-refractivity contribution is -0.153. The van der Waals surface area contributed by atoms with E-state index in [1.54, 1.807) is 0 Å². The Morgan fingerprint density at radius 2 is 2.05 bits per heavy atom. The molecule has 4 heteroatoms. The van der Waals surface area contributed by atoms with Crippen LogP contribution in [0.5, 0.6) is 0 Å². The van der Waals surface area contributed by atoms with Crippen molar-refractivity contribution >= 4 is 5.97 Å². The molecule has 0 bridgehead atoms. The van der Waals surface area contributed by atoms with Crippen LogP contribution in [0.15, 0.2) is 0 Å². The molecule has 0 spiro atoms. The van der Waals surface area contributed by atoms with Crippen molar-refractivity contribution in [3.05, 3.63) is 0 Å². The number of carbonyl (C=O) groups excluding carboxylic acids is 1. The SMILES string of the molecule is CCOC(=O)C1(NC)CCCC(N(CC)CC2CCC2)C1. The molecule has 2 atom stereocenters. The highest BCUT2D eigenvalue weighted by molar-refractivity contribution is 5.81. The lowest BCUT2D eigenvalue weighted by Gasteiger charge is -2.44. The third-order valence-corrected chi connectivity index (χ3v) is 5.51. The van der Waals surface area contributed by atoms with Gasteiger partial charge in [0, 0.05) is 12.6 Å². The molecular weight excluding hydrogens is 264 g/mol. The topological polar surface area (TPSA) is 41.6 Å². The van der Waals surface area contributed by atoms with Crippen LogP contribution in [0.2, 0.25) is 0 Å². The minimum absolute atomic E-state index is 0.0584. The van der Waals surface area contributed by atoms with Gasteiger partial charge in [-0.05, 0) is 65.0 Å². The van der Waals surface area contributed by atoms with Crippen LogP contribution >= 0.6 is 0 Å². The molecule has 0 amide bonds. The molecule has 2 rings (SSSR count). The van der Waals surface area contributed by atoms with Crippen molar-refractivity contribution in [1.29, 1.82) is 0 Å². The van der Waals surface area contributed by atoms with E-state index in [-0.39, 0.29) is 5.97 Å². The van der Waals surface area contributed by atoms with Crippen LogP contribution in [-0.4, -0.2) is 49.2 Å². The number of nitrogens with zero attached hydrogens (tertiary/aromatic N) is 1. The Bertz CT molecular complexity index is 344. The van der Waals surface area contributed by atoms with Crippen LogP contribution in [0.25, 0.3) is 0 Å². The number of ether oxygens (including phenoxy) is 1. The Morgan fingerprint density at radius 1 is 1.29 bits per heavy atom. The maximum Gasteiger partial charge on any atom is 0.326 e. The van der Waals surface area contributed by atoms with Gasteiger partial charge >= 0.3 is 5.97 Å². The highest BCUT2D eigenvalue weighted by Gasteiger charge is 2.44. The van der Waals surface area contributed by atoms with Crippen molar-refractivity contribution in [1.82, 2.24) is 10.2 Å². The first-order chi connectivity index (χ1) is 10.1. The Kier molecular flexibility index (Phi) is 6.06. The molecule has 0 aromatic heterocycles. The zero-order valence-electron chi connectivity index (χ0n) is 14.0. The van der Waals surface area contributed by atoms with E-state index in [9.17, 15) is 4.79 Å². The number of hydrogen-bond acceptors (Lipinski definition) is 4. The molecule has 0 saturated heterocycles. The fourth-order valence-corrected chi connectivity index (χ4v) is 3.88. The zero-order valence-corrected chi connectivity index (χ0v) is 14.0. The minimum atomic E-state index is -0.466. The summed E-state index contributed by atoms with van der Waals surface area (Å²) >= 11 is 0. The van der Waals surface area contributed by atoms with Gasteiger partial charge < -0.3 is 15.0 Å². The van der Waals surface area contributed by atoms with Crippen molar-refractivity contribution in [2.24, 2.45) is 5.92 Å². The summed E-state index contributed by atoms with van der Waals surface area (Å²) in [4.78, 5) is 15.0. The highest BCUT2D eigenvalue weighted by atomic mass is 16.5. The summed E-state index contributed by atoms with van der Waals surface area (Å²) in [6.45, 7) is 6.90. The Hall–Kier alpha value is -0.610. The molecule has 2 fully saturated rings. The molecule has 2 aliphatic rings. The van der Waals surface area contributed by atoms with E-state index in [1.165, 1.54) is 32.2 Å². The maximum absolute atomic E-state index is 12.4. The van der Waals surface area contributed by atoms with Gasteiger partial charge in [0.2, 0.25) is 0 Å². The molecule has 2 unspecified atom stereocenters. The van der Waals surface area contributed by atoms with Gasteiger partial charge in [-0.3, -0.25) is 4.79 Å². The lowest BCUT2D eigenvalue weighted by atomic mass is 9.77. The third-order valence-electron chi connectivity index (χ3n) is 5.51. The molecule has 1 N–H and O–H groups in total. The van der Waals surface area contributed by atoms with Crippen LogP contribution in [0.1, 0.15) is 58.8 Å². The van der Waals surface area contributed by atoms with E-state index >= 15 is 0 Å². The standard InChI is InChI=1S/C17H32N2O2/c1-4-19(13-14-8-6-9-14)15-10-7-11-17(12-15,18-3)16(20)21-5-2/h14-15,18H,4-13H2,1-3H3. The second-order valence-corrected chi connectivity index (χ2v) is 6.69. The zero-order chi connectivity index (χ0) is 15.3. The molecular formula is C17H32N2O2. The number of likely N-dealkylation sites (N-methyl/N-ethyl adjacent to an activating group) is 1. The van der Waals surface area contributed by atoms with E-state index in [0.29, 0.717) is 12.6 Å². The Labute approximate surface area is 129 Å². The van der Waals surface area contributed by atoms with Gasteiger partial charge in [-0.2, -0.15) is 0 Å². The first-order valence-electron chi connectivity index (χ1n) is 8.75. The molecule has 4 nitrogen and oxygen atoms in total. The molecule has 0 aliphatic heterocycles. The number of nitrogens with one attached hydrogen (secondary N) is 1. The maximum atomic E-state index is 12.4. The summed E-state index contributed by atoms with van der Waals surface area (Å²) in [6, 6.07) is 0.515. The van der Waals surface area contributed by atoms with E-state index < -0.39 is 5.54 Å². The summed E-state index contributed by atoms with van der Waals surface area (Å²) in [5, 5.41) is 3.29. The monoisotopic (exact) mass is 296 g/mol. The Morgan fingerprint density at radius 3 is 2.57 bits per heavy atom. The number of hydrogen-bond donors (Lipinski definition) is 1. The normalized spacial score (nSPS) is 30.2. The van der Waals surface area contributed by atoms with Gasteiger partial charge in [-0.1, -0.05) is 13.3 Å². The van der Waals surface area contributed by atoms with Crippen LogP contribution < -0.4 is 5.32 Å². The van der Waals surface area contributed by atoms with Crippen molar-refractivity contribution in [3.8, 4) is 0 Å². The molecule has 2 aliphatic carbocycles. The quantitative estimate of drug-likeness (QED) is 0.733. The molecule has 0 radical (unpaired) electrons. The summed E-state index contributed by atoms with van der Waals surface area (Å²) < 4.78 is 5.33.